The Morgan fingerprint density at radius 2 is 1.69 bits per heavy atom. The lowest BCUT2D eigenvalue weighted by molar-refractivity contribution is -0.241. The number of amides is 1. The van der Waals surface area contributed by atoms with Crippen molar-refractivity contribution < 1.29 is 27.4 Å². The molecule has 1 aliphatic carbocycles. The summed E-state index contributed by atoms with van der Waals surface area (Å²) in [5.74, 6) is 1.06. The van der Waals surface area contributed by atoms with Gasteiger partial charge in [-0.3, -0.25) is 4.79 Å². The van der Waals surface area contributed by atoms with Gasteiger partial charge in [0.15, 0.2) is 6.29 Å². The molecule has 11 heteroatoms. The first kappa shape index (κ1) is 35.5. The maximum Gasteiger partial charge on any atom is 0.264 e. The Hall–Kier alpha value is -2.37. The fraction of sp³-hybridized carbons (Fsp3) is 0.649. The van der Waals surface area contributed by atoms with Gasteiger partial charge in [0.05, 0.1) is 30.7 Å². The zero-order chi connectivity index (χ0) is 34.0. The molecule has 1 saturated heterocycles. The topological polar surface area (TPSA) is 97.4 Å². The summed E-state index contributed by atoms with van der Waals surface area (Å²) in [5.41, 5.74) is 3.42. The van der Waals surface area contributed by atoms with Crippen LogP contribution in [0.25, 0.3) is 0 Å². The minimum absolute atomic E-state index is 0.110. The van der Waals surface area contributed by atoms with E-state index in [0.29, 0.717) is 43.0 Å². The first-order chi connectivity index (χ1) is 23.0. The van der Waals surface area contributed by atoms with Crippen molar-refractivity contribution in [3.8, 4) is 5.75 Å². The quantitative estimate of drug-likeness (QED) is 0.400. The van der Waals surface area contributed by atoms with E-state index in [1.807, 2.05) is 37.3 Å². The maximum atomic E-state index is 13.4. The number of likely N-dealkylation sites (N-methyl/N-ethyl adjacent to an activating group) is 1. The van der Waals surface area contributed by atoms with Crippen molar-refractivity contribution >= 4 is 33.2 Å². The molecule has 0 aromatic heterocycles. The Morgan fingerprint density at radius 1 is 0.917 bits per heavy atom. The predicted molar refractivity (Wildman–Crippen MR) is 189 cm³/mol. The Balaban J connectivity index is 1.34. The van der Waals surface area contributed by atoms with Gasteiger partial charge in [-0.1, -0.05) is 31.5 Å². The molecule has 2 aromatic rings. The number of anilines is 1. The Labute approximate surface area is 291 Å². The molecule has 1 saturated carbocycles. The monoisotopic (exact) mass is 701 g/mol. The summed E-state index contributed by atoms with van der Waals surface area (Å²) in [5, 5.41) is 0.720. The van der Waals surface area contributed by atoms with Gasteiger partial charge in [0, 0.05) is 29.6 Å². The molecular weight excluding hydrogens is 650 g/mol. The molecule has 5 atom stereocenters. The highest BCUT2D eigenvalue weighted by Gasteiger charge is 2.44. The summed E-state index contributed by atoms with van der Waals surface area (Å²) in [6.45, 7) is 7.36. The van der Waals surface area contributed by atoms with Gasteiger partial charge >= 0.3 is 0 Å². The van der Waals surface area contributed by atoms with E-state index in [-0.39, 0.29) is 35.8 Å². The van der Waals surface area contributed by atoms with Crippen LogP contribution in [-0.4, -0.2) is 77.7 Å². The van der Waals surface area contributed by atoms with Gasteiger partial charge in [-0.25, -0.2) is 13.1 Å². The molecule has 2 aromatic carbocycles. The van der Waals surface area contributed by atoms with E-state index < -0.39 is 15.9 Å². The van der Waals surface area contributed by atoms with Crippen LogP contribution >= 0.6 is 11.6 Å². The number of fused-ring (bicyclic) bond motifs is 3. The number of nitrogens with zero attached hydrogens (tertiary/aromatic N) is 2. The minimum atomic E-state index is -3.86. The molecule has 2 bridgehead atoms. The molecule has 264 valence electrons. The van der Waals surface area contributed by atoms with E-state index in [9.17, 15) is 13.2 Å². The third kappa shape index (κ3) is 8.32. The van der Waals surface area contributed by atoms with Gasteiger partial charge in [-0.05, 0) is 124 Å². The summed E-state index contributed by atoms with van der Waals surface area (Å²) < 4.78 is 48.3. The molecule has 4 aliphatic rings. The number of rotatable bonds is 2. The highest BCUT2D eigenvalue weighted by molar-refractivity contribution is 7.90. The zero-order valence-electron chi connectivity index (χ0n) is 28.8. The molecule has 3 aliphatic heterocycles. The van der Waals surface area contributed by atoms with Crippen LogP contribution in [-0.2, 0) is 32.5 Å². The molecule has 9 nitrogen and oxygen atoms in total. The molecular formula is C37H52ClN3O6S. The second-order valence-electron chi connectivity index (χ2n) is 14.8. The number of nitrogens with one attached hydrogen (secondary N) is 1. The molecule has 1 amide bonds. The number of carbonyl (C=O) groups excluding carboxylic acids is 1. The lowest BCUT2D eigenvalue weighted by Crippen LogP contribution is -2.51. The Bertz CT molecular complexity index is 1550. The van der Waals surface area contributed by atoms with E-state index in [2.05, 4.69) is 35.5 Å². The van der Waals surface area contributed by atoms with E-state index >= 15 is 0 Å². The maximum absolute atomic E-state index is 13.4. The van der Waals surface area contributed by atoms with E-state index in [4.69, 9.17) is 25.8 Å². The first-order valence-electron chi connectivity index (χ1n) is 17.7. The van der Waals surface area contributed by atoms with Crippen LogP contribution in [0.4, 0.5) is 5.69 Å². The fourth-order valence-corrected chi connectivity index (χ4v) is 9.54. The summed E-state index contributed by atoms with van der Waals surface area (Å²) in [6.07, 6.45) is 6.58. The molecule has 0 spiro atoms. The first-order valence-corrected chi connectivity index (χ1v) is 19.7. The van der Waals surface area contributed by atoms with Crippen LogP contribution in [0.1, 0.15) is 73.9 Å². The summed E-state index contributed by atoms with van der Waals surface area (Å²) in [4.78, 5) is 18.0. The predicted octanol–water partition coefficient (Wildman–Crippen LogP) is 6.13. The average molecular weight is 702 g/mol. The van der Waals surface area contributed by atoms with Gasteiger partial charge in [0.1, 0.15) is 12.4 Å². The SMILES string of the molecule is C[C@@H]1CS(=O)(=O)NC(=O)c2ccc3c(c2)N(CCCCc2cc(Cl)ccc2CO3)C[C@@H]2CC[C@H]2[C@@H]([C@H]2OC[C@@H](N(C)C)CO2)CC[C@@H]1C. The molecule has 2 fully saturated rings. The van der Waals surface area contributed by atoms with Crippen LogP contribution in [0.3, 0.4) is 0 Å². The summed E-state index contributed by atoms with van der Waals surface area (Å²) >= 11 is 6.37. The number of aryl methyl sites for hydroxylation is 1. The van der Waals surface area contributed by atoms with Crippen molar-refractivity contribution in [2.75, 3.05) is 51.1 Å². The van der Waals surface area contributed by atoms with Crippen LogP contribution in [0.5, 0.6) is 5.75 Å². The number of hydrogen-bond acceptors (Lipinski definition) is 8. The number of benzene rings is 2. The van der Waals surface area contributed by atoms with E-state index in [1.165, 1.54) is 5.56 Å². The van der Waals surface area contributed by atoms with Crippen LogP contribution < -0.4 is 14.4 Å². The van der Waals surface area contributed by atoms with Crippen molar-refractivity contribution in [3.05, 3.63) is 58.1 Å². The standard InChI is InChI=1S/C37H52ClN3O6S/c1-24-8-13-33(37-46-21-31(22-47-37)40(3)4)32-14-10-28(32)19-41-16-6-5-7-26-17-30(38)12-9-29(26)20-45-35-15-11-27(18-34(35)41)36(42)39-48(43,44)23-25(24)2/h9,11-12,15,17-18,24-25,28,31-33,37H,5-8,10,13-14,16,19-23H2,1-4H3,(H,39,42)/t24-,25+,28-,31-,32+,33-,37+/m0/s1. The van der Waals surface area contributed by atoms with Crippen LogP contribution in [0.2, 0.25) is 5.02 Å². The van der Waals surface area contributed by atoms with Crippen molar-refractivity contribution in [3.63, 3.8) is 0 Å². The number of sulfonamides is 1. The van der Waals surface area contributed by atoms with Gasteiger partial charge in [-0.15, -0.1) is 0 Å². The van der Waals surface area contributed by atoms with Crippen LogP contribution in [0, 0.1) is 29.6 Å². The Kier molecular flexibility index (Phi) is 11.3. The second kappa shape index (κ2) is 15.3. The van der Waals surface area contributed by atoms with Gasteiger partial charge in [0.25, 0.3) is 5.91 Å². The van der Waals surface area contributed by atoms with E-state index in [1.54, 1.807) is 6.07 Å². The minimum Gasteiger partial charge on any atom is -0.487 e. The van der Waals surface area contributed by atoms with E-state index in [0.717, 1.165) is 74.3 Å². The largest absolute Gasteiger partial charge is 0.487 e. The van der Waals surface area contributed by atoms with Crippen molar-refractivity contribution in [2.24, 2.45) is 29.6 Å². The number of carbonyl (C=O) groups is 1. The molecule has 1 N–H and O–H groups in total. The highest BCUT2D eigenvalue weighted by atomic mass is 35.5. The normalized spacial score (nSPS) is 31.7. The highest BCUT2D eigenvalue weighted by Crippen LogP contribution is 2.46. The van der Waals surface area contributed by atoms with Gasteiger partial charge < -0.3 is 24.0 Å². The summed E-state index contributed by atoms with van der Waals surface area (Å²) in [7, 11) is 0.259. The average Bonchev–Trinajstić information content (AvgIpc) is 3.07. The number of hydrogen-bond donors (Lipinski definition) is 1. The van der Waals surface area contributed by atoms with Crippen molar-refractivity contribution in [1.29, 1.82) is 0 Å². The number of ether oxygens (including phenoxy) is 3. The lowest BCUT2D eigenvalue weighted by Gasteiger charge is -2.48. The molecule has 3 heterocycles. The van der Waals surface area contributed by atoms with Gasteiger partial charge in [-0.2, -0.15) is 0 Å². The number of halogens is 1. The van der Waals surface area contributed by atoms with Gasteiger partial charge in [0.2, 0.25) is 10.0 Å². The lowest BCUT2D eigenvalue weighted by atomic mass is 9.64. The van der Waals surface area contributed by atoms with Crippen LogP contribution in [0.15, 0.2) is 36.4 Å². The molecule has 48 heavy (non-hydrogen) atoms. The molecule has 0 unspecified atom stereocenters. The fourth-order valence-electron chi connectivity index (χ4n) is 7.85. The third-order valence-corrected chi connectivity index (χ3v) is 13.1. The molecule has 6 rings (SSSR count). The van der Waals surface area contributed by atoms with Crippen molar-refractivity contribution in [1.82, 2.24) is 9.62 Å². The smallest absolute Gasteiger partial charge is 0.264 e. The molecule has 0 radical (unpaired) electrons. The third-order valence-electron chi connectivity index (χ3n) is 11.4. The zero-order valence-corrected chi connectivity index (χ0v) is 30.4. The summed E-state index contributed by atoms with van der Waals surface area (Å²) in [6, 6.07) is 11.5. The second-order valence-corrected chi connectivity index (χ2v) is 17.1. The van der Waals surface area contributed by atoms with Crippen molar-refractivity contribution in [2.45, 2.75) is 77.7 Å². The Morgan fingerprint density at radius 3 is 2.42 bits per heavy atom.